The minimum Gasteiger partial charge on any atom is -0.491 e. The van der Waals surface area contributed by atoms with Gasteiger partial charge in [-0.3, -0.25) is 4.79 Å². The molecule has 0 radical (unpaired) electrons. The maximum atomic E-state index is 12.0. The maximum absolute atomic E-state index is 12.0. The molecule has 1 aromatic carbocycles. The second-order valence-corrected chi connectivity index (χ2v) is 5.13. The van der Waals surface area contributed by atoms with Gasteiger partial charge in [0, 0.05) is 25.7 Å². The van der Waals surface area contributed by atoms with Gasteiger partial charge in [0.2, 0.25) is 5.91 Å². The number of carbonyl (C=O) groups is 1. The standard InChI is InChI=1S/C14H19ClN2O2/c1-11-10-17(8-7-16-11)14(18)6-9-19-13-5-3-2-4-12(13)15/h2-5,11,16H,6-10H2,1H3. The van der Waals surface area contributed by atoms with E-state index in [0.717, 1.165) is 19.6 Å². The molecule has 1 N–H and O–H groups in total. The monoisotopic (exact) mass is 282 g/mol. The minimum absolute atomic E-state index is 0.139. The van der Waals surface area contributed by atoms with Crippen molar-refractivity contribution in [2.45, 2.75) is 19.4 Å². The zero-order valence-electron chi connectivity index (χ0n) is 11.1. The molecule has 1 fully saturated rings. The molecule has 19 heavy (non-hydrogen) atoms. The number of benzene rings is 1. The Hall–Kier alpha value is -1.26. The highest BCUT2D eigenvalue weighted by molar-refractivity contribution is 6.32. The smallest absolute Gasteiger partial charge is 0.226 e. The maximum Gasteiger partial charge on any atom is 0.226 e. The van der Waals surface area contributed by atoms with Gasteiger partial charge in [-0.1, -0.05) is 23.7 Å². The molecule has 1 saturated heterocycles. The fraction of sp³-hybridized carbons (Fsp3) is 0.500. The molecule has 0 bridgehead atoms. The highest BCUT2D eigenvalue weighted by Crippen LogP contribution is 2.23. The highest BCUT2D eigenvalue weighted by atomic mass is 35.5. The van der Waals surface area contributed by atoms with Crippen LogP contribution in [0.1, 0.15) is 13.3 Å². The third-order valence-corrected chi connectivity index (χ3v) is 3.44. The molecule has 104 valence electrons. The molecule has 1 unspecified atom stereocenters. The first kappa shape index (κ1) is 14.2. The average molecular weight is 283 g/mol. The van der Waals surface area contributed by atoms with E-state index in [2.05, 4.69) is 12.2 Å². The van der Waals surface area contributed by atoms with Crippen molar-refractivity contribution >= 4 is 17.5 Å². The molecule has 1 atom stereocenters. The highest BCUT2D eigenvalue weighted by Gasteiger charge is 2.20. The second-order valence-electron chi connectivity index (χ2n) is 4.72. The first-order chi connectivity index (χ1) is 9.16. The summed E-state index contributed by atoms with van der Waals surface area (Å²) in [6.07, 6.45) is 0.387. The molecule has 4 nitrogen and oxygen atoms in total. The van der Waals surface area contributed by atoms with Crippen LogP contribution in [0.3, 0.4) is 0 Å². The normalized spacial score (nSPS) is 19.3. The largest absolute Gasteiger partial charge is 0.491 e. The first-order valence-electron chi connectivity index (χ1n) is 6.55. The van der Waals surface area contributed by atoms with E-state index in [1.165, 1.54) is 0 Å². The quantitative estimate of drug-likeness (QED) is 0.917. The van der Waals surface area contributed by atoms with Crippen molar-refractivity contribution in [1.29, 1.82) is 0 Å². The number of para-hydroxylation sites is 1. The number of nitrogens with zero attached hydrogens (tertiary/aromatic N) is 1. The number of nitrogens with one attached hydrogen (secondary N) is 1. The zero-order valence-corrected chi connectivity index (χ0v) is 11.8. The number of ether oxygens (including phenoxy) is 1. The van der Waals surface area contributed by atoms with E-state index in [1.54, 1.807) is 12.1 Å². The fourth-order valence-electron chi connectivity index (χ4n) is 2.13. The molecule has 1 amide bonds. The zero-order chi connectivity index (χ0) is 13.7. The van der Waals surface area contributed by atoms with Gasteiger partial charge in [0.05, 0.1) is 18.1 Å². The summed E-state index contributed by atoms with van der Waals surface area (Å²) < 4.78 is 5.53. The van der Waals surface area contributed by atoms with Gasteiger partial charge in [0.25, 0.3) is 0 Å². The van der Waals surface area contributed by atoms with Crippen LogP contribution in [0.25, 0.3) is 0 Å². The molecule has 0 saturated carbocycles. The number of amides is 1. The Morgan fingerprint density at radius 2 is 2.32 bits per heavy atom. The van der Waals surface area contributed by atoms with Gasteiger partial charge in [-0.15, -0.1) is 0 Å². The van der Waals surface area contributed by atoms with Crippen LogP contribution in [-0.2, 0) is 4.79 Å². The second kappa shape index (κ2) is 6.78. The van der Waals surface area contributed by atoms with Gasteiger partial charge in [-0.2, -0.15) is 0 Å². The topological polar surface area (TPSA) is 41.6 Å². The minimum atomic E-state index is 0.139. The lowest BCUT2D eigenvalue weighted by Crippen LogP contribution is -2.51. The van der Waals surface area contributed by atoms with E-state index < -0.39 is 0 Å². The average Bonchev–Trinajstić information content (AvgIpc) is 2.41. The lowest BCUT2D eigenvalue weighted by molar-refractivity contribution is -0.132. The van der Waals surface area contributed by atoms with E-state index in [9.17, 15) is 4.79 Å². The summed E-state index contributed by atoms with van der Waals surface area (Å²) >= 11 is 5.98. The van der Waals surface area contributed by atoms with E-state index in [-0.39, 0.29) is 5.91 Å². The summed E-state index contributed by atoms with van der Waals surface area (Å²) in [5, 5.41) is 3.89. The van der Waals surface area contributed by atoms with Crippen LogP contribution in [-0.4, -0.2) is 43.1 Å². The molecular weight excluding hydrogens is 264 g/mol. The van der Waals surface area contributed by atoms with E-state index in [1.807, 2.05) is 17.0 Å². The predicted octanol–water partition coefficient (Wildman–Crippen LogP) is 1.93. The van der Waals surface area contributed by atoms with E-state index in [0.29, 0.717) is 29.8 Å². The van der Waals surface area contributed by atoms with Gasteiger partial charge < -0.3 is 15.0 Å². The number of hydrogen-bond acceptors (Lipinski definition) is 3. The first-order valence-corrected chi connectivity index (χ1v) is 6.93. The van der Waals surface area contributed by atoms with Crippen molar-refractivity contribution in [3.05, 3.63) is 29.3 Å². The van der Waals surface area contributed by atoms with Crippen LogP contribution in [0.15, 0.2) is 24.3 Å². The van der Waals surface area contributed by atoms with Crippen LogP contribution in [0, 0.1) is 0 Å². The Bertz CT molecular complexity index is 439. The number of piperazine rings is 1. The molecule has 0 spiro atoms. The van der Waals surface area contributed by atoms with E-state index >= 15 is 0 Å². The Morgan fingerprint density at radius 1 is 1.53 bits per heavy atom. The molecule has 5 heteroatoms. The van der Waals surface area contributed by atoms with Crippen molar-refractivity contribution < 1.29 is 9.53 Å². The molecule has 2 rings (SSSR count). The molecule has 0 aliphatic carbocycles. The van der Waals surface area contributed by atoms with Crippen molar-refractivity contribution in [1.82, 2.24) is 10.2 Å². The predicted molar refractivity (Wildman–Crippen MR) is 75.6 cm³/mol. The third kappa shape index (κ3) is 4.11. The number of rotatable bonds is 4. The third-order valence-electron chi connectivity index (χ3n) is 3.13. The van der Waals surface area contributed by atoms with Crippen molar-refractivity contribution in [3.63, 3.8) is 0 Å². The summed E-state index contributed by atoms with van der Waals surface area (Å²) in [7, 11) is 0. The number of carbonyl (C=O) groups excluding carboxylic acids is 1. The van der Waals surface area contributed by atoms with Crippen LogP contribution in [0.4, 0.5) is 0 Å². The Labute approximate surface area is 118 Å². The van der Waals surface area contributed by atoms with Crippen molar-refractivity contribution in [2.24, 2.45) is 0 Å². The molecule has 1 aliphatic rings. The number of halogens is 1. The van der Waals surface area contributed by atoms with Crippen LogP contribution >= 0.6 is 11.6 Å². The molecule has 1 aromatic rings. The SMILES string of the molecule is CC1CN(C(=O)CCOc2ccccc2Cl)CCN1. The van der Waals surface area contributed by atoms with Crippen molar-refractivity contribution in [2.75, 3.05) is 26.2 Å². The molecule has 1 heterocycles. The Balaban J connectivity index is 1.76. The van der Waals surface area contributed by atoms with Gasteiger partial charge in [-0.05, 0) is 19.1 Å². The molecule has 1 aliphatic heterocycles. The number of hydrogen-bond donors (Lipinski definition) is 1. The van der Waals surface area contributed by atoms with E-state index in [4.69, 9.17) is 16.3 Å². The molecular formula is C14H19ClN2O2. The van der Waals surface area contributed by atoms with Gasteiger partial charge in [0.15, 0.2) is 0 Å². The summed E-state index contributed by atoms with van der Waals surface area (Å²) in [6.45, 7) is 4.85. The van der Waals surface area contributed by atoms with Gasteiger partial charge >= 0.3 is 0 Å². The lowest BCUT2D eigenvalue weighted by Gasteiger charge is -2.31. The Morgan fingerprint density at radius 3 is 3.05 bits per heavy atom. The summed E-state index contributed by atoms with van der Waals surface area (Å²) in [4.78, 5) is 13.9. The Kier molecular flexibility index (Phi) is 5.05. The van der Waals surface area contributed by atoms with Crippen LogP contribution in [0.2, 0.25) is 5.02 Å². The van der Waals surface area contributed by atoms with Crippen molar-refractivity contribution in [3.8, 4) is 5.75 Å². The van der Waals surface area contributed by atoms with Crippen LogP contribution in [0.5, 0.6) is 5.75 Å². The summed E-state index contributed by atoms with van der Waals surface area (Å²) in [5.74, 6) is 0.769. The molecule has 0 aromatic heterocycles. The van der Waals surface area contributed by atoms with Crippen LogP contribution < -0.4 is 10.1 Å². The van der Waals surface area contributed by atoms with Gasteiger partial charge in [0.1, 0.15) is 5.75 Å². The summed E-state index contributed by atoms with van der Waals surface area (Å²) in [5.41, 5.74) is 0. The lowest BCUT2D eigenvalue weighted by atomic mass is 10.2. The fourth-order valence-corrected chi connectivity index (χ4v) is 2.32. The summed E-state index contributed by atoms with van der Waals surface area (Å²) in [6, 6.07) is 7.65. The van der Waals surface area contributed by atoms with Gasteiger partial charge in [-0.25, -0.2) is 0 Å².